The quantitative estimate of drug-likeness (QED) is 0.395. The number of carbonyl (C=O) groups excluding carboxylic acids is 2. The van der Waals surface area contributed by atoms with Crippen LogP contribution in [-0.2, 0) is 9.47 Å². The molecule has 4 rings (SSSR count). The number of hydrogen-bond donors (Lipinski definition) is 0. The van der Waals surface area contributed by atoms with E-state index in [-0.39, 0.29) is 22.8 Å². The molecule has 0 radical (unpaired) electrons. The van der Waals surface area contributed by atoms with Gasteiger partial charge >= 0.3 is 11.9 Å². The lowest BCUT2D eigenvalue weighted by atomic mass is 9.98. The summed E-state index contributed by atoms with van der Waals surface area (Å²) in [6, 6.07) is 21.1. The van der Waals surface area contributed by atoms with E-state index >= 15 is 0 Å². The summed E-state index contributed by atoms with van der Waals surface area (Å²) >= 11 is 0. The maximum atomic E-state index is 13.7. The number of benzene rings is 3. The Bertz CT molecular complexity index is 1350. The molecule has 0 amide bonds. The number of methoxy groups -OCH3 is 2. The van der Waals surface area contributed by atoms with Crippen LogP contribution in [-0.4, -0.2) is 35.9 Å². The van der Waals surface area contributed by atoms with Gasteiger partial charge in [0.2, 0.25) is 0 Å². The number of para-hydroxylation sites is 1. The van der Waals surface area contributed by atoms with Crippen molar-refractivity contribution >= 4 is 11.9 Å². The van der Waals surface area contributed by atoms with E-state index in [9.17, 15) is 14.0 Å². The Kier molecular flexibility index (Phi) is 6.04. The van der Waals surface area contributed by atoms with Gasteiger partial charge in [-0.2, -0.15) is 5.10 Å². The maximum Gasteiger partial charge on any atom is 0.357 e. The number of esters is 2. The lowest BCUT2D eigenvalue weighted by Crippen LogP contribution is -2.15. The summed E-state index contributed by atoms with van der Waals surface area (Å²) in [5.74, 6) is -1.72. The van der Waals surface area contributed by atoms with Crippen LogP contribution >= 0.6 is 0 Å². The van der Waals surface area contributed by atoms with Gasteiger partial charge in [0, 0.05) is 5.56 Å². The van der Waals surface area contributed by atoms with Gasteiger partial charge in [0.15, 0.2) is 5.69 Å². The van der Waals surface area contributed by atoms with E-state index in [1.807, 2.05) is 24.3 Å². The summed E-state index contributed by atoms with van der Waals surface area (Å²) in [6.45, 7) is 1.70. The number of halogens is 1. The topological polar surface area (TPSA) is 70.4 Å². The second-order valence-electron chi connectivity index (χ2n) is 7.35. The van der Waals surface area contributed by atoms with E-state index in [2.05, 4.69) is 5.10 Å². The Morgan fingerprint density at radius 3 is 2.15 bits per heavy atom. The Morgan fingerprint density at radius 1 is 0.818 bits per heavy atom. The molecule has 0 atom stereocenters. The van der Waals surface area contributed by atoms with E-state index in [1.54, 1.807) is 49.4 Å². The van der Waals surface area contributed by atoms with E-state index in [0.717, 1.165) is 11.1 Å². The summed E-state index contributed by atoms with van der Waals surface area (Å²) < 4.78 is 25.1. The lowest BCUT2D eigenvalue weighted by molar-refractivity contribution is 0.0549. The summed E-state index contributed by atoms with van der Waals surface area (Å²) in [6.07, 6.45) is 0. The van der Waals surface area contributed by atoms with Gasteiger partial charge < -0.3 is 9.47 Å². The molecule has 166 valence electrons. The third-order valence-corrected chi connectivity index (χ3v) is 5.28. The highest BCUT2D eigenvalue weighted by molar-refractivity contribution is 6.07. The van der Waals surface area contributed by atoms with Gasteiger partial charge in [-0.15, -0.1) is 0 Å². The second kappa shape index (κ2) is 9.08. The van der Waals surface area contributed by atoms with Crippen molar-refractivity contribution in [1.29, 1.82) is 0 Å². The Balaban J connectivity index is 1.96. The molecule has 0 bridgehead atoms. The number of nitrogens with zero attached hydrogens (tertiary/aromatic N) is 2. The molecule has 7 heteroatoms. The first-order chi connectivity index (χ1) is 15.9. The first-order valence-electron chi connectivity index (χ1n) is 10.2. The molecule has 4 aromatic rings. The standard InChI is InChI=1S/C26H21FN2O4/c1-16-14-18(12-13-21(16)27)17-8-7-9-19(15-17)23-22(25(30)32-2)24(26(31)33-3)29(28-23)20-10-5-4-6-11-20/h4-15H,1-3H3. The Hall–Kier alpha value is -4.26. The summed E-state index contributed by atoms with van der Waals surface area (Å²) in [5, 5.41) is 4.61. The van der Waals surface area contributed by atoms with Crippen molar-refractivity contribution in [3.05, 3.63) is 95.4 Å². The average Bonchev–Trinajstić information content (AvgIpc) is 3.26. The molecule has 0 saturated carbocycles. The van der Waals surface area contributed by atoms with E-state index < -0.39 is 11.9 Å². The number of ether oxygens (including phenoxy) is 2. The molecule has 0 spiro atoms. The normalized spacial score (nSPS) is 10.7. The summed E-state index contributed by atoms with van der Waals surface area (Å²) in [4.78, 5) is 25.5. The van der Waals surface area contributed by atoms with Gasteiger partial charge in [0.25, 0.3) is 0 Å². The number of rotatable bonds is 5. The Morgan fingerprint density at radius 2 is 1.48 bits per heavy atom. The van der Waals surface area contributed by atoms with Crippen molar-refractivity contribution in [3.63, 3.8) is 0 Å². The van der Waals surface area contributed by atoms with Crippen LogP contribution in [0.5, 0.6) is 0 Å². The smallest absolute Gasteiger partial charge is 0.357 e. The molecule has 1 aromatic heterocycles. The molecule has 33 heavy (non-hydrogen) atoms. The second-order valence-corrected chi connectivity index (χ2v) is 7.35. The van der Waals surface area contributed by atoms with Gasteiger partial charge in [-0.3, -0.25) is 0 Å². The van der Waals surface area contributed by atoms with E-state index in [4.69, 9.17) is 9.47 Å². The molecular formula is C26H21FN2O4. The fourth-order valence-corrected chi connectivity index (χ4v) is 3.63. The molecule has 0 saturated heterocycles. The van der Waals surface area contributed by atoms with Crippen LogP contribution in [0, 0.1) is 12.7 Å². The highest BCUT2D eigenvalue weighted by Crippen LogP contribution is 2.32. The number of hydrogen-bond acceptors (Lipinski definition) is 5. The van der Waals surface area contributed by atoms with Crippen molar-refractivity contribution in [2.75, 3.05) is 14.2 Å². The van der Waals surface area contributed by atoms with Gasteiger partial charge in [-0.05, 0) is 53.9 Å². The van der Waals surface area contributed by atoms with Crippen LogP contribution in [0.1, 0.15) is 26.4 Å². The van der Waals surface area contributed by atoms with Crippen molar-refractivity contribution in [2.24, 2.45) is 0 Å². The molecular weight excluding hydrogens is 423 g/mol. The van der Waals surface area contributed by atoms with Gasteiger partial charge in [-0.25, -0.2) is 18.7 Å². The zero-order valence-corrected chi connectivity index (χ0v) is 18.3. The van der Waals surface area contributed by atoms with Gasteiger partial charge in [-0.1, -0.05) is 42.5 Å². The molecule has 0 aliphatic carbocycles. The molecule has 6 nitrogen and oxygen atoms in total. The molecule has 0 aliphatic rings. The Labute approximate surface area is 190 Å². The largest absolute Gasteiger partial charge is 0.465 e. The number of aryl methyl sites for hydroxylation is 1. The summed E-state index contributed by atoms with van der Waals surface area (Å²) in [5.41, 5.74) is 3.55. The minimum absolute atomic E-state index is 0.000592. The lowest BCUT2D eigenvalue weighted by Gasteiger charge is -2.07. The van der Waals surface area contributed by atoms with E-state index in [0.29, 0.717) is 16.8 Å². The van der Waals surface area contributed by atoms with Crippen LogP contribution in [0.15, 0.2) is 72.8 Å². The maximum absolute atomic E-state index is 13.7. The van der Waals surface area contributed by atoms with Crippen molar-refractivity contribution in [3.8, 4) is 28.1 Å². The van der Waals surface area contributed by atoms with Gasteiger partial charge in [0.05, 0.1) is 19.9 Å². The molecule has 0 aliphatic heterocycles. The van der Waals surface area contributed by atoms with E-state index in [1.165, 1.54) is 25.0 Å². The van der Waals surface area contributed by atoms with Crippen LogP contribution in [0.25, 0.3) is 28.1 Å². The van der Waals surface area contributed by atoms with Crippen molar-refractivity contribution in [1.82, 2.24) is 9.78 Å². The predicted molar refractivity (Wildman–Crippen MR) is 122 cm³/mol. The third kappa shape index (κ3) is 4.13. The molecule has 1 heterocycles. The zero-order valence-electron chi connectivity index (χ0n) is 18.3. The van der Waals surface area contributed by atoms with Crippen LogP contribution in [0.3, 0.4) is 0 Å². The SMILES string of the molecule is COC(=O)c1c(-c2cccc(-c3ccc(F)c(C)c3)c2)nn(-c2ccccc2)c1C(=O)OC. The highest BCUT2D eigenvalue weighted by Gasteiger charge is 2.31. The average molecular weight is 444 g/mol. The predicted octanol–water partition coefficient (Wildman–Crippen LogP) is 5.23. The van der Waals surface area contributed by atoms with Crippen LogP contribution in [0.2, 0.25) is 0 Å². The zero-order chi connectivity index (χ0) is 23.5. The third-order valence-electron chi connectivity index (χ3n) is 5.28. The number of aromatic nitrogens is 2. The number of carbonyl (C=O) groups is 2. The first kappa shape index (κ1) is 22.0. The monoisotopic (exact) mass is 444 g/mol. The molecule has 0 N–H and O–H groups in total. The van der Waals surface area contributed by atoms with Gasteiger partial charge in [0.1, 0.15) is 17.1 Å². The minimum atomic E-state index is -0.719. The van der Waals surface area contributed by atoms with Crippen LogP contribution in [0.4, 0.5) is 4.39 Å². The molecule has 3 aromatic carbocycles. The van der Waals surface area contributed by atoms with Crippen LogP contribution < -0.4 is 0 Å². The molecule has 0 unspecified atom stereocenters. The van der Waals surface area contributed by atoms with Crippen molar-refractivity contribution in [2.45, 2.75) is 6.92 Å². The fourth-order valence-electron chi connectivity index (χ4n) is 3.63. The molecule has 0 fully saturated rings. The summed E-state index contributed by atoms with van der Waals surface area (Å²) in [7, 11) is 2.48. The fraction of sp³-hybridized carbons (Fsp3) is 0.115. The highest BCUT2D eigenvalue weighted by atomic mass is 19.1. The minimum Gasteiger partial charge on any atom is -0.465 e. The van der Waals surface area contributed by atoms with Crippen molar-refractivity contribution < 1.29 is 23.5 Å². The first-order valence-corrected chi connectivity index (χ1v) is 10.2.